The number of hydrogen-bond acceptors (Lipinski definition) is 4. The molecular weight excluding hydrogens is 278 g/mol. The molecule has 0 aromatic heterocycles. The van der Waals surface area contributed by atoms with E-state index in [9.17, 15) is 0 Å². The molecule has 0 aliphatic carbocycles. The molecule has 0 heterocycles. The van der Waals surface area contributed by atoms with E-state index < -0.39 is 0 Å². The predicted octanol–water partition coefficient (Wildman–Crippen LogP) is 4.39. The first kappa shape index (κ1) is 19.6. The van der Waals surface area contributed by atoms with E-state index in [2.05, 4.69) is 54.0 Å². The molecule has 1 rings (SSSR count). The average molecular weight is 308 g/mol. The molecule has 0 aliphatic rings. The molecule has 0 spiro atoms. The molecule has 0 radical (unpaired) electrons. The molecule has 0 atom stereocenters. The minimum Gasteiger partial charge on any atom is -0.405 e. The van der Waals surface area contributed by atoms with Gasteiger partial charge in [-0.3, -0.25) is 0 Å². The molecule has 118 valence electrons. The summed E-state index contributed by atoms with van der Waals surface area (Å²) in [4.78, 5) is 1.35. The third-order valence-electron chi connectivity index (χ3n) is 2.82. The number of nitrogens with one attached hydrogen (secondary N) is 1. The number of hydrogen-bond donors (Lipinski definition) is 2. The van der Waals surface area contributed by atoms with E-state index in [1.165, 1.54) is 48.1 Å². The van der Waals surface area contributed by atoms with Crippen LogP contribution in [0, 0.1) is 0 Å². The highest BCUT2D eigenvalue weighted by Crippen LogP contribution is 2.20. The molecule has 0 aliphatic heterocycles. The smallest absolute Gasteiger partial charge is 0.0644 e. The van der Waals surface area contributed by atoms with E-state index in [4.69, 9.17) is 0 Å². The van der Waals surface area contributed by atoms with Gasteiger partial charge in [-0.1, -0.05) is 44.9 Å². The number of nitrogens with two attached hydrogens (primary N) is 1. The maximum Gasteiger partial charge on any atom is 0.0644 e. The highest BCUT2D eigenvalue weighted by atomic mass is 32.2. The highest BCUT2D eigenvalue weighted by molar-refractivity contribution is 7.99. The number of unbranched alkanes of at least 4 members (excludes halogenated alkanes) is 3. The molecule has 0 bridgehead atoms. The zero-order chi connectivity index (χ0) is 15.9. The van der Waals surface area contributed by atoms with E-state index >= 15 is 0 Å². The lowest BCUT2D eigenvalue weighted by atomic mass is 10.1. The Labute approximate surface area is 134 Å². The van der Waals surface area contributed by atoms with Crippen molar-refractivity contribution >= 4 is 17.5 Å². The van der Waals surface area contributed by atoms with Crippen molar-refractivity contribution in [2.75, 3.05) is 12.8 Å². The van der Waals surface area contributed by atoms with Crippen molar-refractivity contribution in [1.29, 1.82) is 0 Å². The second kappa shape index (κ2) is 13.6. The number of hydrazone groups is 1. The summed E-state index contributed by atoms with van der Waals surface area (Å²) in [5.41, 5.74) is 9.63. The zero-order valence-electron chi connectivity index (χ0n) is 13.6. The van der Waals surface area contributed by atoms with Gasteiger partial charge in [-0.15, -0.1) is 11.8 Å². The molecule has 3 N–H and O–H groups in total. The quantitative estimate of drug-likeness (QED) is 0.324. The molecule has 0 saturated carbocycles. The second-order valence-electron chi connectivity index (χ2n) is 4.59. The molecule has 0 amide bonds. The first-order chi connectivity index (χ1) is 10.2. The minimum absolute atomic E-state index is 1.02. The highest BCUT2D eigenvalue weighted by Gasteiger charge is 1.98. The topological polar surface area (TPSA) is 50.4 Å². The van der Waals surface area contributed by atoms with E-state index in [0.717, 1.165) is 5.71 Å². The fourth-order valence-corrected chi connectivity index (χ4v) is 2.66. The van der Waals surface area contributed by atoms with Gasteiger partial charge in [-0.2, -0.15) is 5.10 Å². The van der Waals surface area contributed by atoms with Crippen LogP contribution < -0.4 is 11.2 Å². The first-order valence-corrected chi connectivity index (χ1v) is 8.45. The number of nitrogens with zero attached hydrogens (tertiary/aromatic N) is 1. The fourth-order valence-electron chi connectivity index (χ4n) is 1.74. The Morgan fingerprint density at radius 1 is 1.29 bits per heavy atom. The Morgan fingerprint density at radius 3 is 2.43 bits per heavy atom. The molecule has 21 heavy (non-hydrogen) atoms. The van der Waals surface area contributed by atoms with Gasteiger partial charge < -0.3 is 11.2 Å². The zero-order valence-corrected chi connectivity index (χ0v) is 14.4. The third kappa shape index (κ3) is 10.0. The van der Waals surface area contributed by atoms with Crippen LogP contribution in [-0.2, 0) is 0 Å². The van der Waals surface area contributed by atoms with Gasteiger partial charge in [0.05, 0.1) is 5.71 Å². The second-order valence-corrected chi connectivity index (χ2v) is 5.76. The van der Waals surface area contributed by atoms with Crippen molar-refractivity contribution in [3.63, 3.8) is 0 Å². The summed E-state index contributed by atoms with van der Waals surface area (Å²) in [6, 6.07) is 8.66. The van der Waals surface area contributed by atoms with Crippen molar-refractivity contribution in [3.8, 4) is 0 Å². The number of benzene rings is 1. The molecular formula is C17H29N3S. The molecule has 0 fully saturated rings. The normalized spacial score (nSPS) is 10.5. The van der Waals surface area contributed by atoms with Crippen LogP contribution >= 0.6 is 11.8 Å². The van der Waals surface area contributed by atoms with Crippen molar-refractivity contribution in [1.82, 2.24) is 5.43 Å². The van der Waals surface area contributed by atoms with Gasteiger partial charge in [0.15, 0.2) is 0 Å². The van der Waals surface area contributed by atoms with Crippen LogP contribution in [0.5, 0.6) is 0 Å². The van der Waals surface area contributed by atoms with Crippen LogP contribution in [0.4, 0.5) is 0 Å². The maximum atomic E-state index is 4.61. The van der Waals surface area contributed by atoms with Gasteiger partial charge in [0.1, 0.15) is 0 Å². The van der Waals surface area contributed by atoms with Crippen LogP contribution in [-0.4, -0.2) is 18.5 Å². The Morgan fingerprint density at radius 2 is 1.90 bits per heavy atom. The maximum absolute atomic E-state index is 4.61. The van der Waals surface area contributed by atoms with E-state index in [1.807, 2.05) is 25.7 Å². The van der Waals surface area contributed by atoms with Crippen molar-refractivity contribution in [2.45, 2.75) is 44.4 Å². The lowest BCUT2D eigenvalue weighted by Crippen LogP contribution is -2.02. The molecule has 0 unspecified atom stereocenters. The summed E-state index contributed by atoms with van der Waals surface area (Å²) < 4.78 is 0. The lowest BCUT2D eigenvalue weighted by Gasteiger charge is -2.04. The summed E-state index contributed by atoms with van der Waals surface area (Å²) >= 11 is 1.95. The van der Waals surface area contributed by atoms with Gasteiger partial charge in [-0.25, -0.2) is 0 Å². The summed E-state index contributed by atoms with van der Waals surface area (Å²) in [6.45, 7) is 7.41. The van der Waals surface area contributed by atoms with Crippen LogP contribution in [0.2, 0.25) is 0 Å². The summed E-state index contributed by atoms with van der Waals surface area (Å²) in [7, 11) is 1.82. The van der Waals surface area contributed by atoms with Crippen LogP contribution in [0.3, 0.4) is 0 Å². The van der Waals surface area contributed by atoms with Gasteiger partial charge >= 0.3 is 0 Å². The molecule has 4 heteroatoms. The number of rotatable bonds is 8. The Hall–Kier alpha value is -1.42. The molecule has 0 saturated heterocycles. The average Bonchev–Trinajstić information content (AvgIpc) is 2.49. The molecule has 1 aromatic rings. The minimum atomic E-state index is 1.02. The molecule has 1 aromatic carbocycles. The Balaban J connectivity index is 0.00000122. The third-order valence-corrected chi connectivity index (χ3v) is 3.92. The van der Waals surface area contributed by atoms with E-state index in [0.29, 0.717) is 0 Å². The van der Waals surface area contributed by atoms with Gasteiger partial charge in [0.2, 0.25) is 0 Å². The fraction of sp³-hybridized carbons (Fsp3) is 0.471. The van der Waals surface area contributed by atoms with Gasteiger partial charge in [-0.05, 0) is 43.0 Å². The number of thioether (sulfide) groups is 1. The monoisotopic (exact) mass is 307 g/mol. The van der Waals surface area contributed by atoms with E-state index in [1.54, 1.807) is 0 Å². The van der Waals surface area contributed by atoms with Gasteiger partial charge in [0.25, 0.3) is 0 Å². The standard InChI is InChI=1S/C15H24N2S.C2H5N/c1-4-5-6-7-12-18-15-10-8-14(9-11-15)13(2)17-16-3;1-2-3/h8-11,16H,4-7,12H2,1-3H3;2H,1,3H2/b17-13+;. The van der Waals surface area contributed by atoms with Gasteiger partial charge in [0, 0.05) is 11.9 Å². The van der Waals surface area contributed by atoms with E-state index in [-0.39, 0.29) is 0 Å². The van der Waals surface area contributed by atoms with Crippen LogP contribution in [0.1, 0.15) is 45.1 Å². The summed E-state index contributed by atoms with van der Waals surface area (Å²) in [5, 5.41) is 4.18. The van der Waals surface area contributed by atoms with Crippen LogP contribution in [0.25, 0.3) is 0 Å². The Kier molecular flexibility index (Phi) is 12.6. The van der Waals surface area contributed by atoms with Crippen molar-refractivity contribution in [3.05, 3.63) is 42.6 Å². The first-order valence-electron chi connectivity index (χ1n) is 7.46. The summed E-state index contributed by atoms with van der Waals surface area (Å²) in [6.07, 6.45) is 6.60. The largest absolute Gasteiger partial charge is 0.405 e. The van der Waals surface area contributed by atoms with Crippen LogP contribution in [0.15, 0.2) is 47.0 Å². The van der Waals surface area contributed by atoms with Crippen molar-refractivity contribution < 1.29 is 0 Å². The lowest BCUT2D eigenvalue weighted by molar-refractivity contribution is 0.706. The Bertz CT molecular complexity index is 399. The molecule has 3 nitrogen and oxygen atoms in total. The summed E-state index contributed by atoms with van der Waals surface area (Å²) in [5.74, 6) is 1.23. The predicted molar refractivity (Wildman–Crippen MR) is 97.0 cm³/mol. The van der Waals surface area contributed by atoms with Crippen molar-refractivity contribution in [2.24, 2.45) is 10.8 Å². The SMILES string of the molecule is C=CN.CCCCCCSc1ccc(/C(C)=N/NC)cc1.